The Kier molecular flexibility index (Phi) is 5.80. The van der Waals surface area contributed by atoms with Gasteiger partial charge in [-0.25, -0.2) is 0 Å². The molecule has 7 nitrogen and oxygen atoms in total. The summed E-state index contributed by atoms with van der Waals surface area (Å²) >= 11 is 0. The van der Waals surface area contributed by atoms with Gasteiger partial charge in [0.15, 0.2) is 18.1 Å². The SMILES string of the molecule is COc1ccc(C)cc1CC(=O)OCC(=O)NCc1ccc2c(c1)OCO2. The summed E-state index contributed by atoms with van der Waals surface area (Å²) in [4.78, 5) is 23.9. The van der Waals surface area contributed by atoms with Crippen LogP contribution >= 0.6 is 0 Å². The van der Waals surface area contributed by atoms with Crippen LogP contribution in [-0.4, -0.2) is 32.4 Å². The smallest absolute Gasteiger partial charge is 0.310 e. The average molecular weight is 371 g/mol. The summed E-state index contributed by atoms with van der Waals surface area (Å²) in [6, 6.07) is 11.0. The third-order valence-electron chi connectivity index (χ3n) is 4.06. The molecule has 2 aromatic carbocycles. The van der Waals surface area contributed by atoms with Crippen molar-refractivity contribution in [3.8, 4) is 17.2 Å². The third kappa shape index (κ3) is 4.91. The van der Waals surface area contributed by atoms with E-state index in [0.29, 0.717) is 23.8 Å². The highest BCUT2D eigenvalue weighted by Crippen LogP contribution is 2.32. The van der Waals surface area contributed by atoms with Crippen LogP contribution in [-0.2, 0) is 27.3 Å². The predicted octanol–water partition coefficient (Wildman–Crippen LogP) is 2.13. The van der Waals surface area contributed by atoms with E-state index in [1.165, 1.54) is 0 Å². The van der Waals surface area contributed by atoms with Gasteiger partial charge in [-0.15, -0.1) is 0 Å². The Balaban J connectivity index is 1.45. The van der Waals surface area contributed by atoms with Crippen LogP contribution in [0.1, 0.15) is 16.7 Å². The van der Waals surface area contributed by atoms with Crippen molar-refractivity contribution >= 4 is 11.9 Å². The van der Waals surface area contributed by atoms with Gasteiger partial charge >= 0.3 is 5.97 Å². The molecule has 0 aliphatic carbocycles. The van der Waals surface area contributed by atoms with E-state index in [1.54, 1.807) is 25.3 Å². The fourth-order valence-electron chi connectivity index (χ4n) is 2.70. The van der Waals surface area contributed by atoms with Gasteiger partial charge < -0.3 is 24.3 Å². The molecular formula is C20H21NO6. The maximum Gasteiger partial charge on any atom is 0.310 e. The van der Waals surface area contributed by atoms with Crippen LogP contribution in [0.4, 0.5) is 0 Å². The van der Waals surface area contributed by atoms with Gasteiger partial charge in [0, 0.05) is 12.1 Å². The summed E-state index contributed by atoms with van der Waals surface area (Å²) < 4.78 is 20.8. The van der Waals surface area contributed by atoms with Gasteiger partial charge in [0.05, 0.1) is 13.5 Å². The molecule has 0 fully saturated rings. The number of benzene rings is 2. The highest BCUT2D eigenvalue weighted by Gasteiger charge is 2.14. The van der Waals surface area contributed by atoms with E-state index in [2.05, 4.69) is 5.32 Å². The molecule has 0 saturated heterocycles. The molecule has 0 atom stereocenters. The summed E-state index contributed by atoms with van der Waals surface area (Å²) in [5.41, 5.74) is 2.60. The Bertz CT molecular complexity index is 848. The molecule has 0 aromatic heterocycles. The summed E-state index contributed by atoms with van der Waals surface area (Å²) in [6.45, 7) is 2.10. The molecule has 27 heavy (non-hydrogen) atoms. The molecule has 1 N–H and O–H groups in total. The van der Waals surface area contributed by atoms with Gasteiger partial charge in [0.2, 0.25) is 6.79 Å². The van der Waals surface area contributed by atoms with Crippen LogP contribution in [0, 0.1) is 6.92 Å². The number of hydrogen-bond acceptors (Lipinski definition) is 6. The van der Waals surface area contributed by atoms with Crippen molar-refractivity contribution in [2.75, 3.05) is 20.5 Å². The molecule has 142 valence electrons. The van der Waals surface area contributed by atoms with E-state index in [-0.39, 0.29) is 25.7 Å². The van der Waals surface area contributed by atoms with Crippen LogP contribution in [0.25, 0.3) is 0 Å². The Labute approximate surface area is 157 Å². The second kappa shape index (κ2) is 8.44. The van der Waals surface area contributed by atoms with Crippen LogP contribution in [0.3, 0.4) is 0 Å². The lowest BCUT2D eigenvalue weighted by Gasteiger charge is -2.10. The second-order valence-electron chi connectivity index (χ2n) is 6.12. The van der Waals surface area contributed by atoms with E-state index in [4.69, 9.17) is 18.9 Å². The molecule has 7 heteroatoms. The maximum absolute atomic E-state index is 12.0. The maximum atomic E-state index is 12.0. The third-order valence-corrected chi connectivity index (χ3v) is 4.06. The lowest BCUT2D eigenvalue weighted by Crippen LogP contribution is -2.28. The summed E-state index contributed by atoms with van der Waals surface area (Å²) in [5.74, 6) is 1.09. The van der Waals surface area contributed by atoms with E-state index < -0.39 is 5.97 Å². The van der Waals surface area contributed by atoms with Crippen molar-refractivity contribution in [3.63, 3.8) is 0 Å². The number of methoxy groups -OCH3 is 1. The molecule has 2 aromatic rings. The quantitative estimate of drug-likeness (QED) is 0.751. The van der Waals surface area contributed by atoms with Gasteiger partial charge in [-0.3, -0.25) is 9.59 Å². The molecule has 1 amide bonds. The molecule has 0 saturated carbocycles. The zero-order chi connectivity index (χ0) is 19.2. The van der Waals surface area contributed by atoms with Crippen molar-refractivity contribution in [2.45, 2.75) is 19.9 Å². The monoisotopic (exact) mass is 371 g/mol. The number of rotatable bonds is 7. The van der Waals surface area contributed by atoms with Crippen LogP contribution in [0.15, 0.2) is 36.4 Å². The molecule has 0 bridgehead atoms. The zero-order valence-electron chi connectivity index (χ0n) is 15.2. The number of fused-ring (bicyclic) bond motifs is 1. The minimum Gasteiger partial charge on any atom is -0.496 e. The van der Waals surface area contributed by atoms with E-state index in [9.17, 15) is 9.59 Å². The Hall–Kier alpha value is -3.22. The van der Waals surface area contributed by atoms with Gasteiger partial charge in [-0.2, -0.15) is 0 Å². The van der Waals surface area contributed by atoms with Crippen molar-refractivity contribution in [3.05, 3.63) is 53.1 Å². The summed E-state index contributed by atoms with van der Waals surface area (Å²) in [7, 11) is 1.54. The van der Waals surface area contributed by atoms with Crippen LogP contribution in [0.5, 0.6) is 17.2 Å². The Morgan fingerprint density at radius 2 is 1.93 bits per heavy atom. The molecule has 0 unspecified atom stereocenters. The van der Waals surface area contributed by atoms with Crippen molar-refractivity contribution in [1.82, 2.24) is 5.32 Å². The highest BCUT2D eigenvalue weighted by molar-refractivity contribution is 5.81. The Morgan fingerprint density at radius 1 is 1.11 bits per heavy atom. The molecule has 1 aliphatic heterocycles. The largest absolute Gasteiger partial charge is 0.496 e. The van der Waals surface area contributed by atoms with E-state index >= 15 is 0 Å². The first kappa shape index (κ1) is 18.6. The zero-order valence-corrected chi connectivity index (χ0v) is 15.2. The normalized spacial score (nSPS) is 11.8. The number of ether oxygens (including phenoxy) is 4. The van der Waals surface area contributed by atoms with Crippen LogP contribution in [0.2, 0.25) is 0 Å². The lowest BCUT2D eigenvalue weighted by atomic mass is 10.1. The number of carbonyl (C=O) groups is 2. The molecule has 3 rings (SSSR count). The number of aryl methyl sites for hydroxylation is 1. The first-order valence-corrected chi connectivity index (χ1v) is 8.49. The minimum atomic E-state index is -0.489. The first-order valence-electron chi connectivity index (χ1n) is 8.49. The number of amides is 1. The molecule has 0 radical (unpaired) electrons. The topological polar surface area (TPSA) is 83.1 Å². The first-order chi connectivity index (χ1) is 13.0. The Morgan fingerprint density at radius 3 is 2.74 bits per heavy atom. The van der Waals surface area contributed by atoms with E-state index in [0.717, 1.165) is 16.7 Å². The second-order valence-corrected chi connectivity index (χ2v) is 6.12. The number of nitrogens with one attached hydrogen (secondary N) is 1. The number of hydrogen-bond donors (Lipinski definition) is 1. The molecular weight excluding hydrogens is 350 g/mol. The molecule has 1 aliphatic rings. The van der Waals surface area contributed by atoms with Crippen molar-refractivity contribution in [1.29, 1.82) is 0 Å². The number of carbonyl (C=O) groups excluding carboxylic acids is 2. The minimum absolute atomic E-state index is 0.0420. The summed E-state index contributed by atoms with van der Waals surface area (Å²) in [6.07, 6.45) is 0.0420. The number of esters is 1. The predicted molar refractivity (Wildman–Crippen MR) is 96.8 cm³/mol. The standard InChI is InChI=1S/C20H21NO6/c1-13-3-5-16(24-2)15(7-13)9-20(23)25-11-19(22)21-10-14-4-6-17-18(8-14)27-12-26-17/h3-8H,9-12H2,1-2H3,(H,21,22). The van der Waals surface area contributed by atoms with Gasteiger partial charge in [-0.1, -0.05) is 23.8 Å². The molecule has 1 heterocycles. The lowest BCUT2D eigenvalue weighted by molar-refractivity contribution is -0.147. The fourth-order valence-corrected chi connectivity index (χ4v) is 2.70. The van der Waals surface area contributed by atoms with Crippen molar-refractivity contribution in [2.24, 2.45) is 0 Å². The van der Waals surface area contributed by atoms with Gasteiger partial charge in [-0.05, 0) is 30.7 Å². The van der Waals surface area contributed by atoms with E-state index in [1.807, 2.05) is 25.1 Å². The van der Waals surface area contributed by atoms with Gasteiger partial charge in [0.1, 0.15) is 5.75 Å². The molecule has 0 spiro atoms. The average Bonchev–Trinajstić information content (AvgIpc) is 3.12. The fraction of sp³-hybridized carbons (Fsp3) is 0.300. The highest BCUT2D eigenvalue weighted by atomic mass is 16.7. The summed E-state index contributed by atoms with van der Waals surface area (Å²) in [5, 5.41) is 2.70. The van der Waals surface area contributed by atoms with Gasteiger partial charge in [0.25, 0.3) is 5.91 Å². The van der Waals surface area contributed by atoms with Crippen LogP contribution < -0.4 is 19.5 Å². The van der Waals surface area contributed by atoms with Crippen molar-refractivity contribution < 1.29 is 28.5 Å².